The van der Waals surface area contributed by atoms with Crippen LogP contribution in [-0.4, -0.2) is 45.3 Å². The Hall–Kier alpha value is -1.97. The van der Waals surface area contributed by atoms with Crippen LogP contribution in [0.4, 0.5) is 13.2 Å². The Kier molecular flexibility index (Phi) is 8.19. The van der Waals surface area contributed by atoms with Crippen LogP contribution in [0, 0.1) is 0 Å². The van der Waals surface area contributed by atoms with Crippen LogP contribution in [0.3, 0.4) is 0 Å². The lowest BCUT2D eigenvalue weighted by molar-refractivity contribution is -0.274. The van der Waals surface area contributed by atoms with E-state index in [1.54, 1.807) is 13.0 Å². The van der Waals surface area contributed by atoms with Gasteiger partial charge in [-0.25, -0.2) is 13.4 Å². The Morgan fingerprint density at radius 3 is 2.54 bits per heavy atom. The van der Waals surface area contributed by atoms with Gasteiger partial charge in [0.2, 0.25) is 0 Å². The number of ether oxygens (including phenoxy) is 1. The molecule has 0 aliphatic rings. The molecule has 1 unspecified atom stereocenters. The highest BCUT2D eigenvalue weighted by Crippen LogP contribution is 2.26. The smallest absolute Gasteiger partial charge is 0.405 e. The first-order chi connectivity index (χ1) is 12.0. The van der Waals surface area contributed by atoms with Crippen molar-refractivity contribution < 1.29 is 26.3 Å². The number of aliphatic imine (C=N–C) groups is 1. The number of guanidine groups is 1. The topological polar surface area (TPSA) is 79.8 Å². The van der Waals surface area contributed by atoms with Crippen LogP contribution in [0.25, 0.3) is 0 Å². The van der Waals surface area contributed by atoms with Crippen LogP contribution < -0.4 is 15.4 Å². The van der Waals surface area contributed by atoms with Gasteiger partial charge < -0.3 is 15.4 Å². The van der Waals surface area contributed by atoms with Crippen LogP contribution in [0.1, 0.15) is 25.8 Å². The molecule has 0 heterocycles. The standard InChI is InChI=1S/C16H24F3N3O3S/c1-4-20-15(22-12(2)9-10-26(3,23)24)21-11-13-7-5-6-8-14(13)25-16(17,18)19/h5-8,12H,4,9-11H2,1-3H3,(H2,20,21,22). The van der Waals surface area contributed by atoms with Gasteiger partial charge in [-0.1, -0.05) is 18.2 Å². The highest BCUT2D eigenvalue weighted by atomic mass is 32.2. The lowest BCUT2D eigenvalue weighted by Gasteiger charge is -2.18. The number of nitrogens with zero attached hydrogens (tertiary/aromatic N) is 1. The van der Waals surface area contributed by atoms with E-state index in [9.17, 15) is 21.6 Å². The average molecular weight is 395 g/mol. The normalized spacial score (nSPS) is 14.0. The van der Waals surface area contributed by atoms with E-state index in [0.717, 1.165) is 6.26 Å². The van der Waals surface area contributed by atoms with E-state index in [1.807, 2.05) is 6.92 Å². The van der Waals surface area contributed by atoms with E-state index in [4.69, 9.17) is 0 Å². The average Bonchev–Trinajstić information content (AvgIpc) is 2.50. The fraction of sp³-hybridized carbons (Fsp3) is 0.562. The van der Waals surface area contributed by atoms with Crippen molar-refractivity contribution in [1.82, 2.24) is 10.6 Å². The summed E-state index contributed by atoms with van der Waals surface area (Å²) >= 11 is 0. The van der Waals surface area contributed by atoms with Gasteiger partial charge in [0.05, 0.1) is 12.3 Å². The zero-order chi connectivity index (χ0) is 19.8. The second-order valence-electron chi connectivity index (χ2n) is 5.81. The Balaban J connectivity index is 2.81. The fourth-order valence-electron chi connectivity index (χ4n) is 2.04. The monoisotopic (exact) mass is 395 g/mol. The van der Waals surface area contributed by atoms with E-state index < -0.39 is 16.2 Å². The maximum atomic E-state index is 12.5. The molecule has 0 saturated carbocycles. The maximum Gasteiger partial charge on any atom is 0.573 e. The Morgan fingerprint density at radius 1 is 1.31 bits per heavy atom. The van der Waals surface area contributed by atoms with E-state index in [0.29, 0.717) is 18.9 Å². The number of hydrogen-bond donors (Lipinski definition) is 2. The first-order valence-electron chi connectivity index (χ1n) is 8.06. The minimum Gasteiger partial charge on any atom is -0.405 e. The number of hydrogen-bond acceptors (Lipinski definition) is 4. The quantitative estimate of drug-likeness (QED) is 0.522. The molecule has 0 spiro atoms. The van der Waals surface area contributed by atoms with Gasteiger partial charge in [-0.15, -0.1) is 13.2 Å². The predicted molar refractivity (Wildman–Crippen MR) is 94.9 cm³/mol. The van der Waals surface area contributed by atoms with Crippen molar-refractivity contribution in [3.63, 3.8) is 0 Å². The third-order valence-electron chi connectivity index (χ3n) is 3.25. The molecule has 0 aromatic heterocycles. The summed E-state index contributed by atoms with van der Waals surface area (Å²) in [4.78, 5) is 4.26. The molecule has 0 aliphatic carbocycles. The van der Waals surface area contributed by atoms with Gasteiger partial charge >= 0.3 is 6.36 Å². The Labute approximate surface area is 151 Å². The summed E-state index contributed by atoms with van der Waals surface area (Å²) in [5, 5.41) is 6.01. The number of benzene rings is 1. The molecule has 148 valence electrons. The molecule has 2 N–H and O–H groups in total. The van der Waals surface area contributed by atoms with Crippen LogP contribution in [0.15, 0.2) is 29.3 Å². The number of sulfone groups is 1. The molecule has 0 bridgehead atoms. The zero-order valence-corrected chi connectivity index (χ0v) is 15.7. The van der Waals surface area contributed by atoms with Crippen molar-refractivity contribution in [3.05, 3.63) is 29.8 Å². The number of halogens is 3. The SMILES string of the molecule is CCNC(=NCc1ccccc1OC(F)(F)F)NC(C)CCS(C)(=O)=O. The second kappa shape index (κ2) is 9.65. The van der Waals surface area contributed by atoms with Crippen molar-refractivity contribution >= 4 is 15.8 Å². The van der Waals surface area contributed by atoms with E-state index in [2.05, 4.69) is 20.4 Å². The van der Waals surface area contributed by atoms with Crippen LogP contribution >= 0.6 is 0 Å². The van der Waals surface area contributed by atoms with Gasteiger partial charge in [0.25, 0.3) is 0 Å². The van der Waals surface area contributed by atoms with Gasteiger partial charge in [-0.05, 0) is 26.3 Å². The predicted octanol–water partition coefficient (Wildman–Crippen LogP) is 2.46. The lowest BCUT2D eigenvalue weighted by atomic mass is 10.2. The molecule has 26 heavy (non-hydrogen) atoms. The van der Waals surface area contributed by atoms with Crippen molar-refractivity contribution in [3.8, 4) is 5.75 Å². The largest absolute Gasteiger partial charge is 0.573 e. The molecule has 1 aromatic rings. The summed E-state index contributed by atoms with van der Waals surface area (Å²) in [7, 11) is -3.07. The Morgan fingerprint density at radius 2 is 1.96 bits per heavy atom. The number of rotatable bonds is 8. The van der Waals surface area contributed by atoms with Gasteiger partial charge in [-0.3, -0.25) is 0 Å². The van der Waals surface area contributed by atoms with Crippen LogP contribution in [-0.2, 0) is 16.4 Å². The molecule has 0 amide bonds. The summed E-state index contributed by atoms with van der Waals surface area (Å²) in [6, 6.07) is 5.60. The van der Waals surface area contributed by atoms with E-state index >= 15 is 0 Å². The second-order valence-corrected chi connectivity index (χ2v) is 8.07. The molecular formula is C16H24F3N3O3S. The van der Waals surface area contributed by atoms with Crippen molar-refractivity contribution in [2.24, 2.45) is 4.99 Å². The van der Waals surface area contributed by atoms with E-state index in [-0.39, 0.29) is 29.7 Å². The highest BCUT2D eigenvalue weighted by molar-refractivity contribution is 7.90. The van der Waals surface area contributed by atoms with Crippen LogP contribution in [0.2, 0.25) is 0 Å². The molecule has 1 rings (SSSR count). The molecule has 0 aliphatic heterocycles. The minimum absolute atomic E-state index is 0.0274. The molecule has 1 atom stereocenters. The minimum atomic E-state index is -4.78. The van der Waals surface area contributed by atoms with Crippen LogP contribution in [0.5, 0.6) is 5.75 Å². The fourth-order valence-corrected chi connectivity index (χ4v) is 2.82. The van der Waals surface area contributed by atoms with Crippen molar-refractivity contribution in [2.45, 2.75) is 39.2 Å². The number of nitrogens with one attached hydrogen (secondary N) is 2. The summed E-state index contributed by atoms with van der Waals surface area (Å²) in [5.41, 5.74) is 0.283. The summed E-state index contributed by atoms with van der Waals surface area (Å²) in [6.45, 7) is 4.17. The van der Waals surface area contributed by atoms with Gasteiger partial charge in [0.1, 0.15) is 15.6 Å². The summed E-state index contributed by atoms with van der Waals surface area (Å²) < 4.78 is 63.9. The summed E-state index contributed by atoms with van der Waals surface area (Å²) in [5.74, 6) is 0.114. The van der Waals surface area contributed by atoms with Gasteiger partial charge in [-0.2, -0.15) is 0 Å². The molecule has 10 heteroatoms. The first-order valence-corrected chi connectivity index (χ1v) is 10.1. The van der Waals surface area contributed by atoms with Gasteiger partial charge in [0.15, 0.2) is 5.96 Å². The molecule has 0 radical (unpaired) electrons. The number of para-hydroxylation sites is 1. The summed E-state index contributed by atoms with van der Waals surface area (Å²) in [6.07, 6.45) is -3.23. The Bertz CT molecular complexity index is 706. The zero-order valence-electron chi connectivity index (χ0n) is 14.9. The number of alkyl halides is 3. The molecule has 6 nitrogen and oxygen atoms in total. The lowest BCUT2D eigenvalue weighted by Crippen LogP contribution is -2.42. The highest BCUT2D eigenvalue weighted by Gasteiger charge is 2.31. The molecule has 0 fully saturated rings. The maximum absolute atomic E-state index is 12.5. The third kappa shape index (κ3) is 9.50. The van der Waals surface area contributed by atoms with Crippen molar-refractivity contribution in [2.75, 3.05) is 18.6 Å². The molecule has 1 aromatic carbocycles. The molecule has 0 saturated heterocycles. The first kappa shape index (κ1) is 22.1. The molecular weight excluding hydrogens is 371 g/mol. The van der Waals surface area contributed by atoms with Crippen molar-refractivity contribution in [1.29, 1.82) is 0 Å². The van der Waals surface area contributed by atoms with E-state index in [1.165, 1.54) is 18.2 Å². The van der Waals surface area contributed by atoms with Gasteiger partial charge in [0, 0.05) is 24.4 Å². The third-order valence-corrected chi connectivity index (χ3v) is 4.23.